The van der Waals surface area contributed by atoms with Crippen LogP contribution in [-0.4, -0.2) is 10.2 Å². The maximum Gasteiger partial charge on any atom is 0.118 e. The van der Waals surface area contributed by atoms with Gasteiger partial charge in [-0.25, -0.2) is 0 Å². The molecule has 0 aliphatic heterocycles. The summed E-state index contributed by atoms with van der Waals surface area (Å²) in [6, 6.07) is 5.68. The summed E-state index contributed by atoms with van der Waals surface area (Å²) in [5.41, 5.74) is 2.84. The summed E-state index contributed by atoms with van der Waals surface area (Å²) in [5, 5.41) is 19.3. The van der Waals surface area contributed by atoms with Gasteiger partial charge in [0.25, 0.3) is 0 Å². The van der Waals surface area contributed by atoms with Crippen LogP contribution in [0.4, 0.5) is 0 Å². The van der Waals surface area contributed by atoms with Crippen molar-refractivity contribution in [2.24, 2.45) is 0 Å². The topological polar surface area (TPSA) is 40.5 Å². The molecule has 84 valence electrons. The second kappa shape index (κ2) is 4.05. The van der Waals surface area contributed by atoms with Gasteiger partial charge in [-0.3, -0.25) is 0 Å². The van der Waals surface area contributed by atoms with Crippen LogP contribution < -0.4 is 0 Å². The number of benzene rings is 1. The summed E-state index contributed by atoms with van der Waals surface area (Å²) in [4.78, 5) is 0. The fourth-order valence-corrected chi connectivity index (χ4v) is 1.89. The fourth-order valence-electron chi connectivity index (χ4n) is 1.89. The van der Waals surface area contributed by atoms with Crippen molar-refractivity contribution >= 4 is 0 Å². The molecule has 0 heterocycles. The van der Waals surface area contributed by atoms with E-state index >= 15 is 0 Å². The number of hydrogen-bond donors (Lipinski definition) is 2. The van der Waals surface area contributed by atoms with Crippen LogP contribution in [0.3, 0.4) is 0 Å². The largest absolute Gasteiger partial charge is 0.508 e. The summed E-state index contributed by atoms with van der Waals surface area (Å²) in [5.74, 6) is 0.822. The van der Waals surface area contributed by atoms with Crippen molar-refractivity contribution in [1.29, 1.82) is 0 Å². The quantitative estimate of drug-likeness (QED) is 0.753. The van der Waals surface area contributed by atoms with E-state index < -0.39 is 0 Å². The highest BCUT2D eigenvalue weighted by molar-refractivity contribution is 5.41. The number of phenolic OH excluding ortho intramolecular Hbond substituents is 1. The van der Waals surface area contributed by atoms with E-state index in [0.717, 1.165) is 23.1 Å². The van der Waals surface area contributed by atoms with Gasteiger partial charge in [0.2, 0.25) is 0 Å². The second-order valence-electron chi connectivity index (χ2n) is 4.33. The van der Waals surface area contributed by atoms with Crippen LogP contribution in [0.5, 0.6) is 5.75 Å². The van der Waals surface area contributed by atoms with Crippen molar-refractivity contribution < 1.29 is 10.2 Å². The smallest absolute Gasteiger partial charge is 0.118 e. The Kier molecular flexibility index (Phi) is 2.73. The summed E-state index contributed by atoms with van der Waals surface area (Å²) in [7, 11) is 0. The first kappa shape index (κ1) is 10.8. The Balaban J connectivity index is 2.30. The SMILES string of the molecule is CC1=CCC(c2ccc(C)c(O)c2)C=C1O. The third kappa shape index (κ3) is 1.96. The molecule has 0 spiro atoms. The first-order chi connectivity index (χ1) is 7.58. The molecule has 0 aromatic heterocycles. The van der Waals surface area contributed by atoms with Crippen molar-refractivity contribution in [3.63, 3.8) is 0 Å². The zero-order valence-electron chi connectivity index (χ0n) is 9.57. The van der Waals surface area contributed by atoms with E-state index in [1.807, 2.05) is 38.1 Å². The van der Waals surface area contributed by atoms with Gasteiger partial charge in [0.15, 0.2) is 0 Å². The highest BCUT2D eigenvalue weighted by Gasteiger charge is 2.15. The molecular weight excluding hydrogens is 200 g/mol. The molecule has 0 fully saturated rings. The molecule has 0 saturated carbocycles. The monoisotopic (exact) mass is 216 g/mol. The van der Waals surface area contributed by atoms with Crippen LogP contribution in [0.15, 0.2) is 41.7 Å². The summed E-state index contributed by atoms with van der Waals surface area (Å²) in [6.07, 6.45) is 4.74. The summed E-state index contributed by atoms with van der Waals surface area (Å²) in [6.45, 7) is 3.77. The third-order valence-corrected chi connectivity index (χ3v) is 3.10. The molecule has 0 radical (unpaired) electrons. The summed E-state index contributed by atoms with van der Waals surface area (Å²) >= 11 is 0. The number of phenols is 1. The Labute approximate surface area is 95.6 Å². The minimum atomic E-state index is 0.162. The van der Waals surface area contributed by atoms with E-state index in [1.54, 1.807) is 6.07 Å². The van der Waals surface area contributed by atoms with Gasteiger partial charge in [0.05, 0.1) is 0 Å². The van der Waals surface area contributed by atoms with Gasteiger partial charge in [0.1, 0.15) is 11.5 Å². The lowest BCUT2D eigenvalue weighted by molar-refractivity contribution is 0.414. The highest BCUT2D eigenvalue weighted by Crippen LogP contribution is 2.31. The molecular formula is C14H16O2. The Bertz CT molecular complexity index is 470. The van der Waals surface area contributed by atoms with E-state index in [-0.39, 0.29) is 5.92 Å². The van der Waals surface area contributed by atoms with Crippen LogP contribution >= 0.6 is 0 Å². The molecule has 0 bridgehead atoms. The lowest BCUT2D eigenvalue weighted by Gasteiger charge is -2.18. The predicted octanol–water partition coefficient (Wildman–Crippen LogP) is 3.58. The zero-order chi connectivity index (χ0) is 11.7. The first-order valence-corrected chi connectivity index (χ1v) is 5.45. The van der Waals surface area contributed by atoms with Crippen LogP contribution in [0.25, 0.3) is 0 Å². The number of aromatic hydroxyl groups is 1. The van der Waals surface area contributed by atoms with E-state index in [1.165, 1.54) is 0 Å². The molecule has 0 amide bonds. The third-order valence-electron chi connectivity index (χ3n) is 3.10. The normalized spacial score (nSPS) is 20.2. The van der Waals surface area contributed by atoms with Crippen molar-refractivity contribution in [1.82, 2.24) is 0 Å². The maximum atomic E-state index is 9.66. The molecule has 1 aliphatic carbocycles. The molecule has 2 heteroatoms. The fraction of sp³-hybridized carbons (Fsp3) is 0.286. The minimum absolute atomic E-state index is 0.162. The molecule has 1 aromatic carbocycles. The lowest BCUT2D eigenvalue weighted by Crippen LogP contribution is -2.02. The number of allylic oxidation sites excluding steroid dienone is 3. The number of aliphatic hydroxyl groups is 1. The summed E-state index contributed by atoms with van der Waals surface area (Å²) < 4.78 is 0. The van der Waals surface area contributed by atoms with Gasteiger partial charge in [-0.2, -0.15) is 0 Å². The maximum absolute atomic E-state index is 9.66. The molecule has 2 rings (SSSR count). The number of aryl methyl sites for hydroxylation is 1. The van der Waals surface area contributed by atoms with Crippen molar-refractivity contribution in [3.8, 4) is 5.75 Å². The molecule has 0 saturated heterocycles. The van der Waals surface area contributed by atoms with Gasteiger partial charge in [-0.05, 0) is 49.1 Å². The highest BCUT2D eigenvalue weighted by atomic mass is 16.3. The van der Waals surface area contributed by atoms with E-state index in [0.29, 0.717) is 11.5 Å². The predicted molar refractivity (Wildman–Crippen MR) is 64.7 cm³/mol. The molecule has 1 atom stereocenters. The van der Waals surface area contributed by atoms with Gasteiger partial charge in [-0.15, -0.1) is 0 Å². The minimum Gasteiger partial charge on any atom is -0.508 e. The average molecular weight is 216 g/mol. The molecule has 2 nitrogen and oxygen atoms in total. The standard InChI is InChI=1S/C14H16O2/c1-9-3-5-11(7-13(9)15)12-6-4-10(2)14(16)8-12/h3-5,7-8,12,15-16H,6H2,1-2H3. The second-order valence-corrected chi connectivity index (χ2v) is 4.33. The zero-order valence-corrected chi connectivity index (χ0v) is 9.57. The first-order valence-electron chi connectivity index (χ1n) is 5.45. The Morgan fingerprint density at radius 2 is 1.94 bits per heavy atom. The Hall–Kier alpha value is -1.70. The van der Waals surface area contributed by atoms with Gasteiger partial charge in [0, 0.05) is 5.92 Å². The molecule has 1 aliphatic rings. The van der Waals surface area contributed by atoms with Gasteiger partial charge in [-0.1, -0.05) is 18.2 Å². The van der Waals surface area contributed by atoms with Gasteiger partial charge >= 0.3 is 0 Å². The molecule has 2 N–H and O–H groups in total. The van der Waals surface area contributed by atoms with Crippen molar-refractivity contribution in [2.75, 3.05) is 0 Å². The molecule has 16 heavy (non-hydrogen) atoms. The van der Waals surface area contributed by atoms with Crippen LogP contribution in [-0.2, 0) is 0 Å². The van der Waals surface area contributed by atoms with E-state index in [2.05, 4.69) is 0 Å². The Morgan fingerprint density at radius 1 is 1.19 bits per heavy atom. The van der Waals surface area contributed by atoms with Crippen molar-refractivity contribution in [3.05, 3.63) is 52.8 Å². The number of hydrogen-bond acceptors (Lipinski definition) is 2. The Morgan fingerprint density at radius 3 is 2.56 bits per heavy atom. The van der Waals surface area contributed by atoms with E-state index in [4.69, 9.17) is 0 Å². The van der Waals surface area contributed by atoms with Crippen LogP contribution in [0.1, 0.15) is 30.4 Å². The average Bonchev–Trinajstić information content (AvgIpc) is 2.26. The van der Waals surface area contributed by atoms with Gasteiger partial charge < -0.3 is 10.2 Å². The molecule has 1 aromatic rings. The molecule has 1 unspecified atom stereocenters. The van der Waals surface area contributed by atoms with Crippen LogP contribution in [0.2, 0.25) is 0 Å². The van der Waals surface area contributed by atoms with E-state index in [9.17, 15) is 10.2 Å². The number of rotatable bonds is 1. The van der Waals surface area contributed by atoms with Crippen LogP contribution in [0, 0.1) is 6.92 Å². The number of aliphatic hydroxyl groups excluding tert-OH is 1. The van der Waals surface area contributed by atoms with Crippen molar-refractivity contribution in [2.45, 2.75) is 26.2 Å². The lowest BCUT2D eigenvalue weighted by atomic mass is 9.89.